The molecule has 28 heavy (non-hydrogen) atoms. The Labute approximate surface area is 166 Å². The third-order valence-electron chi connectivity index (χ3n) is 4.70. The molecule has 2 aromatic rings. The Morgan fingerprint density at radius 1 is 1.14 bits per heavy atom. The third-order valence-corrected chi connectivity index (χ3v) is 4.70. The number of hydrogen-bond donors (Lipinski definition) is 1. The molecule has 0 spiro atoms. The van der Waals surface area contributed by atoms with E-state index < -0.39 is 0 Å². The second-order valence-corrected chi connectivity index (χ2v) is 6.98. The summed E-state index contributed by atoms with van der Waals surface area (Å²) >= 11 is 0. The Balaban J connectivity index is 1.35. The highest BCUT2D eigenvalue weighted by molar-refractivity contribution is 5.98. The Bertz CT molecular complexity index is 795. The van der Waals surface area contributed by atoms with E-state index in [-0.39, 0.29) is 24.8 Å². The highest BCUT2D eigenvalue weighted by Gasteiger charge is 2.25. The predicted octanol–water partition coefficient (Wildman–Crippen LogP) is 2.44. The second-order valence-electron chi connectivity index (χ2n) is 6.98. The Morgan fingerprint density at radius 3 is 2.71 bits per heavy atom. The van der Waals surface area contributed by atoms with Crippen LogP contribution in [0.1, 0.15) is 18.4 Å². The molecule has 0 saturated carbocycles. The molecular weight excluding hydrogens is 354 g/mol. The average Bonchev–Trinajstić information content (AvgIpc) is 2.71. The van der Waals surface area contributed by atoms with Crippen LogP contribution in [-0.2, 0) is 16.1 Å². The summed E-state index contributed by atoms with van der Waals surface area (Å²) in [5, 5.41) is 2.95. The molecule has 0 saturated heterocycles. The van der Waals surface area contributed by atoms with Gasteiger partial charge in [-0.2, -0.15) is 0 Å². The molecule has 0 aliphatic carbocycles. The van der Waals surface area contributed by atoms with Crippen LogP contribution in [0.15, 0.2) is 54.6 Å². The normalized spacial score (nSPS) is 13.2. The molecule has 0 bridgehead atoms. The van der Waals surface area contributed by atoms with Crippen molar-refractivity contribution in [2.24, 2.45) is 0 Å². The summed E-state index contributed by atoms with van der Waals surface area (Å²) in [5.41, 5.74) is 2.01. The molecule has 148 valence electrons. The third kappa shape index (κ3) is 5.57. The van der Waals surface area contributed by atoms with E-state index in [1.807, 2.05) is 42.5 Å². The van der Waals surface area contributed by atoms with E-state index in [2.05, 4.69) is 29.4 Å². The number of carbonyl (C=O) groups excluding carboxylic acids is 2. The smallest absolute Gasteiger partial charge is 0.265 e. The second kappa shape index (κ2) is 9.90. The number of benzene rings is 2. The topological polar surface area (TPSA) is 61.9 Å². The molecule has 1 N–H and O–H groups in total. The van der Waals surface area contributed by atoms with Crippen LogP contribution in [0.3, 0.4) is 0 Å². The lowest BCUT2D eigenvalue weighted by Crippen LogP contribution is -2.41. The number of ether oxygens (including phenoxy) is 1. The van der Waals surface area contributed by atoms with Gasteiger partial charge in [0.25, 0.3) is 5.91 Å². The van der Waals surface area contributed by atoms with E-state index >= 15 is 0 Å². The van der Waals surface area contributed by atoms with Crippen molar-refractivity contribution in [3.05, 3.63) is 60.2 Å². The molecule has 6 nitrogen and oxygen atoms in total. The average molecular weight is 381 g/mol. The molecule has 1 heterocycles. The van der Waals surface area contributed by atoms with Crippen LogP contribution >= 0.6 is 0 Å². The first-order valence-electron chi connectivity index (χ1n) is 9.65. The summed E-state index contributed by atoms with van der Waals surface area (Å²) in [6.45, 7) is 2.81. The van der Waals surface area contributed by atoms with Crippen molar-refractivity contribution in [3.8, 4) is 5.75 Å². The van der Waals surface area contributed by atoms with Gasteiger partial charge in [-0.25, -0.2) is 0 Å². The van der Waals surface area contributed by atoms with E-state index in [0.717, 1.165) is 25.2 Å². The summed E-state index contributed by atoms with van der Waals surface area (Å²) in [6.07, 6.45) is 1.16. The summed E-state index contributed by atoms with van der Waals surface area (Å²) in [7, 11) is 2.08. The van der Waals surface area contributed by atoms with Crippen LogP contribution in [0, 0.1) is 0 Å². The number of nitrogens with one attached hydrogen (secondary N) is 1. The SMILES string of the molecule is CN(CCCNC(=O)CCN1C(=O)COc2ccccc21)Cc1ccccc1. The van der Waals surface area contributed by atoms with Crippen LogP contribution < -0.4 is 15.0 Å². The lowest BCUT2D eigenvalue weighted by molar-refractivity contribution is -0.122. The van der Waals surface area contributed by atoms with Crippen LogP contribution in [0.4, 0.5) is 5.69 Å². The van der Waals surface area contributed by atoms with Crippen LogP contribution in [0.5, 0.6) is 5.75 Å². The van der Waals surface area contributed by atoms with Crippen molar-refractivity contribution in [2.75, 3.05) is 38.2 Å². The molecule has 1 aliphatic rings. The molecule has 2 aromatic carbocycles. The number of para-hydroxylation sites is 2. The zero-order chi connectivity index (χ0) is 19.8. The van der Waals surface area contributed by atoms with Gasteiger partial charge in [0.2, 0.25) is 5.91 Å². The number of anilines is 1. The fourth-order valence-electron chi connectivity index (χ4n) is 3.25. The predicted molar refractivity (Wildman–Crippen MR) is 109 cm³/mol. The molecule has 0 unspecified atom stereocenters. The van der Waals surface area contributed by atoms with Gasteiger partial charge in [-0.3, -0.25) is 9.59 Å². The van der Waals surface area contributed by atoms with Gasteiger partial charge in [0.1, 0.15) is 5.75 Å². The summed E-state index contributed by atoms with van der Waals surface area (Å²) in [4.78, 5) is 28.1. The molecule has 0 atom stereocenters. The minimum Gasteiger partial charge on any atom is -0.482 e. The van der Waals surface area contributed by atoms with Gasteiger partial charge in [-0.05, 0) is 37.7 Å². The van der Waals surface area contributed by atoms with E-state index in [0.29, 0.717) is 18.8 Å². The fraction of sp³-hybridized carbons (Fsp3) is 0.364. The quantitative estimate of drug-likeness (QED) is 0.678. The largest absolute Gasteiger partial charge is 0.482 e. The van der Waals surface area contributed by atoms with Gasteiger partial charge < -0.3 is 19.9 Å². The number of hydrogen-bond acceptors (Lipinski definition) is 4. The minimum absolute atomic E-state index is 0.0202. The molecule has 3 rings (SSSR count). The van der Waals surface area contributed by atoms with Crippen LogP contribution in [-0.4, -0.2) is 50.0 Å². The first kappa shape index (κ1) is 19.9. The van der Waals surface area contributed by atoms with Crippen molar-refractivity contribution < 1.29 is 14.3 Å². The number of amides is 2. The zero-order valence-electron chi connectivity index (χ0n) is 16.3. The van der Waals surface area contributed by atoms with Crippen molar-refractivity contribution in [1.29, 1.82) is 0 Å². The Morgan fingerprint density at radius 2 is 1.89 bits per heavy atom. The Kier molecular flexibility index (Phi) is 7.03. The van der Waals surface area contributed by atoms with Gasteiger partial charge in [-0.1, -0.05) is 42.5 Å². The molecule has 2 amide bonds. The number of carbonyl (C=O) groups is 2. The monoisotopic (exact) mass is 381 g/mol. The lowest BCUT2D eigenvalue weighted by atomic mass is 10.2. The highest BCUT2D eigenvalue weighted by Crippen LogP contribution is 2.31. The van der Waals surface area contributed by atoms with Crippen molar-refractivity contribution in [2.45, 2.75) is 19.4 Å². The maximum absolute atomic E-state index is 12.1. The molecule has 0 aromatic heterocycles. The zero-order valence-corrected chi connectivity index (χ0v) is 16.3. The summed E-state index contributed by atoms with van der Waals surface area (Å²) in [6, 6.07) is 17.7. The Hall–Kier alpha value is -2.86. The number of nitrogens with zero attached hydrogens (tertiary/aromatic N) is 2. The molecule has 0 radical (unpaired) electrons. The van der Waals surface area contributed by atoms with Gasteiger partial charge in [0, 0.05) is 26.1 Å². The summed E-state index contributed by atoms with van der Waals surface area (Å²) < 4.78 is 5.42. The van der Waals surface area contributed by atoms with Crippen molar-refractivity contribution >= 4 is 17.5 Å². The number of rotatable bonds is 9. The van der Waals surface area contributed by atoms with E-state index in [4.69, 9.17) is 4.74 Å². The summed E-state index contributed by atoms with van der Waals surface area (Å²) in [5.74, 6) is 0.528. The molecular formula is C22H27N3O3. The van der Waals surface area contributed by atoms with Crippen LogP contribution in [0.2, 0.25) is 0 Å². The van der Waals surface area contributed by atoms with Crippen molar-refractivity contribution in [1.82, 2.24) is 10.2 Å². The fourth-order valence-corrected chi connectivity index (χ4v) is 3.25. The highest BCUT2D eigenvalue weighted by atomic mass is 16.5. The lowest BCUT2D eigenvalue weighted by Gasteiger charge is -2.29. The van der Waals surface area contributed by atoms with Crippen LogP contribution in [0.25, 0.3) is 0 Å². The van der Waals surface area contributed by atoms with Gasteiger partial charge >= 0.3 is 0 Å². The van der Waals surface area contributed by atoms with Gasteiger partial charge in [-0.15, -0.1) is 0 Å². The maximum atomic E-state index is 12.1. The maximum Gasteiger partial charge on any atom is 0.265 e. The molecule has 6 heteroatoms. The first-order chi connectivity index (χ1) is 13.6. The van der Waals surface area contributed by atoms with E-state index in [1.54, 1.807) is 4.90 Å². The minimum atomic E-state index is -0.117. The standard InChI is InChI=1S/C22H27N3O3/c1-24(16-18-8-3-2-4-9-18)14-7-13-23-21(26)12-15-25-19-10-5-6-11-20(19)28-17-22(25)27/h2-6,8-11H,7,12-17H2,1H3,(H,23,26). The van der Waals surface area contributed by atoms with E-state index in [1.165, 1.54) is 5.56 Å². The van der Waals surface area contributed by atoms with Gasteiger partial charge in [0.15, 0.2) is 6.61 Å². The first-order valence-corrected chi connectivity index (χ1v) is 9.65. The molecule has 0 fully saturated rings. The van der Waals surface area contributed by atoms with E-state index in [9.17, 15) is 9.59 Å². The number of fused-ring (bicyclic) bond motifs is 1. The van der Waals surface area contributed by atoms with Crippen molar-refractivity contribution in [3.63, 3.8) is 0 Å². The molecule has 1 aliphatic heterocycles. The van der Waals surface area contributed by atoms with Gasteiger partial charge in [0.05, 0.1) is 5.69 Å².